The van der Waals surface area contributed by atoms with Crippen molar-refractivity contribution in [3.8, 4) is 0 Å². The molecule has 0 saturated carbocycles. The van der Waals surface area contributed by atoms with Crippen molar-refractivity contribution in [1.82, 2.24) is 10.6 Å². The molecule has 2 heterocycles. The van der Waals surface area contributed by atoms with E-state index in [4.69, 9.17) is 4.42 Å². The molecule has 0 unspecified atom stereocenters. The van der Waals surface area contributed by atoms with Crippen LogP contribution in [-0.4, -0.2) is 17.9 Å². The Morgan fingerprint density at radius 2 is 2.09 bits per heavy atom. The summed E-state index contributed by atoms with van der Waals surface area (Å²) in [5.74, 6) is 0.602. The van der Waals surface area contributed by atoms with Gasteiger partial charge in [-0.2, -0.15) is 0 Å². The summed E-state index contributed by atoms with van der Waals surface area (Å²) in [4.78, 5) is 24.5. The van der Waals surface area contributed by atoms with Crippen molar-refractivity contribution in [3.63, 3.8) is 0 Å². The first kappa shape index (κ1) is 16.3. The highest BCUT2D eigenvalue weighted by Crippen LogP contribution is 2.22. The maximum atomic E-state index is 12.2. The van der Waals surface area contributed by atoms with Gasteiger partial charge < -0.3 is 15.1 Å². The van der Waals surface area contributed by atoms with Crippen molar-refractivity contribution in [2.45, 2.75) is 38.8 Å². The maximum absolute atomic E-state index is 12.2. The summed E-state index contributed by atoms with van der Waals surface area (Å²) in [6.45, 7) is 3.39. The normalized spacial score (nSPS) is 13.4. The number of carbonyl (C=O) groups excluding carboxylic acids is 2. The SMILES string of the molecule is CC(=O)N[C@@H](CC(=O)N[C@@H](C)Cc1ccco1)c1cccs1. The Morgan fingerprint density at radius 1 is 1.27 bits per heavy atom. The Labute approximate surface area is 133 Å². The molecule has 0 bridgehead atoms. The number of nitrogens with one attached hydrogen (secondary N) is 2. The van der Waals surface area contributed by atoms with Crippen LogP contribution in [0.1, 0.15) is 36.9 Å². The molecule has 5 nitrogen and oxygen atoms in total. The Balaban J connectivity index is 1.89. The van der Waals surface area contributed by atoms with E-state index in [1.54, 1.807) is 6.26 Å². The van der Waals surface area contributed by atoms with Crippen LogP contribution in [0.4, 0.5) is 0 Å². The standard InChI is InChI=1S/C16H20N2O3S/c1-11(9-13-5-3-7-21-13)17-16(20)10-14(18-12(2)19)15-6-4-8-22-15/h3-8,11,14H,9-10H2,1-2H3,(H,17,20)(H,18,19)/t11-,14-/m0/s1. The van der Waals surface area contributed by atoms with E-state index in [0.717, 1.165) is 10.6 Å². The Bertz CT molecular complexity index is 593. The van der Waals surface area contributed by atoms with E-state index < -0.39 is 0 Å². The Kier molecular flexibility index (Phi) is 5.77. The molecule has 0 saturated heterocycles. The molecule has 0 aliphatic rings. The third kappa shape index (κ3) is 5.04. The summed E-state index contributed by atoms with van der Waals surface area (Å²) >= 11 is 1.53. The van der Waals surface area contributed by atoms with Gasteiger partial charge in [-0.15, -0.1) is 11.3 Å². The van der Waals surface area contributed by atoms with Crippen LogP contribution in [0.5, 0.6) is 0 Å². The second-order valence-corrected chi connectivity index (χ2v) is 6.20. The molecule has 2 aromatic heterocycles. The molecule has 2 aromatic rings. The van der Waals surface area contributed by atoms with Crippen LogP contribution in [0.2, 0.25) is 0 Å². The van der Waals surface area contributed by atoms with Crippen LogP contribution in [0.3, 0.4) is 0 Å². The van der Waals surface area contributed by atoms with Gasteiger partial charge in [0.1, 0.15) is 5.76 Å². The second-order valence-electron chi connectivity index (χ2n) is 5.22. The zero-order valence-electron chi connectivity index (χ0n) is 12.7. The van der Waals surface area contributed by atoms with E-state index >= 15 is 0 Å². The molecular formula is C16H20N2O3S. The van der Waals surface area contributed by atoms with Gasteiger partial charge in [0.25, 0.3) is 0 Å². The first-order chi connectivity index (χ1) is 10.5. The lowest BCUT2D eigenvalue weighted by Gasteiger charge is -2.18. The van der Waals surface area contributed by atoms with Crippen molar-refractivity contribution < 1.29 is 14.0 Å². The molecule has 2 atom stereocenters. The van der Waals surface area contributed by atoms with Crippen molar-refractivity contribution in [3.05, 3.63) is 46.5 Å². The summed E-state index contributed by atoms with van der Waals surface area (Å²) in [5, 5.41) is 7.69. The number of hydrogen-bond donors (Lipinski definition) is 2. The van der Waals surface area contributed by atoms with Gasteiger partial charge >= 0.3 is 0 Å². The molecule has 0 aromatic carbocycles. The molecule has 118 valence electrons. The number of hydrogen-bond acceptors (Lipinski definition) is 4. The van der Waals surface area contributed by atoms with Crippen molar-refractivity contribution in [2.24, 2.45) is 0 Å². The van der Waals surface area contributed by atoms with Gasteiger partial charge in [0.05, 0.1) is 18.7 Å². The average molecular weight is 320 g/mol. The minimum atomic E-state index is -0.284. The molecule has 0 radical (unpaired) electrons. The highest BCUT2D eigenvalue weighted by atomic mass is 32.1. The number of furan rings is 1. The summed E-state index contributed by atoms with van der Waals surface area (Å²) in [6.07, 6.45) is 2.48. The fourth-order valence-corrected chi connectivity index (χ4v) is 3.04. The molecular weight excluding hydrogens is 300 g/mol. The van der Waals surface area contributed by atoms with Crippen LogP contribution >= 0.6 is 11.3 Å². The van der Waals surface area contributed by atoms with Gasteiger partial charge in [0.15, 0.2) is 0 Å². The molecule has 6 heteroatoms. The first-order valence-corrected chi connectivity index (χ1v) is 8.05. The van der Waals surface area contributed by atoms with Crippen LogP contribution < -0.4 is 10.6 Å². The van der Waals surface area contributed by atoms with E-state index in [1.807, 2.05) is 36.6 Å². The zero-order valence-corrected chi connectivity index (χ0v) is 13.5. The fourth-order valence-electron chi connectivity index (χ4n) is 2.26. The molecule has 0 aliphatic heterocycles. The van der Waals surface area contributed by atoms with Gasteiger partial charge in [-0.3, -0.25) is 9.59 Å². The van der Waals surface area contributed by atoms with Gasteiger partial charge in [-0.1, -0.05) is 6.07 Å². The number of rotatable bonds is 7. The van der Waals surface area contributed by atoms with Crippen molar-refractivity contribution in [1.29, 1.82) is 0 Å². The van der Waals surface area contributed by atoms with Gasteiger partial charge in [-0.05, 0) is 30.5 Å². The van der Waals surface area contributed by atoms with Crippen molar-refractivity contribution >= 4 is 23.2 Å². The first-order valence-electron chi connectivity index (χ1n) is 7.17. The summed E-state index contributed by atoms with van der Waals surface area (Å²) in [7, 11) is 0. The number of thiophene rings is 1. The second kappa shape index (κ2) is 7.79. The van der Waals surface area contributed by atoms with Gasteiger partial charge in [0, 0.05) is 24.3 Å². The monoisotopic (exact) mass is 320 g/mol. The topological polar surface area (TPSA) is 71.3 Å². The lowest BCUT2D eigenvalue weighted by molar-refractivity contribution is -0.123. The van der Waals surface area contributed by atoms with Crippen LogP contribution in [-0.2, 0) is 16.0 Å². The molecule has 2 N–H and O–H groups in total. The van der Waals surface area contributed by atoms with Gasteiger partial charge in [-0.25, -0.2) is 0 Å². The van der Waals surface area contributed by atoms with E-state index in [9.17, 15) is 9.59 Å². The number of carbonyl (C=O) groups is 2. The van der Waals surface area contributed by atoms with Crippen LogP contribution in [0.15, 0.2) is 40.3 Å². The third-order valence-electron chi connectivity index (χ3n) is 3.15. The highest BCUT2D eigenvalue weighted by Gasteiger charge is 2.19. The minimum Gasteiger partial charge on any atom is -0.469 e. The molecule has 0 aliphatic carbocycles. The van der Waals surface area contributed by atoms with Crippen LogP contribution in [0.25, 0.3) is 0 Å². The van der Waals surface area contributed by atoms with E-state index in [-0.39, 0.29) is 30.3 Å². The third-order valence-corrected chi connectivity index (χ3v) is 4.13. The quantitative estimate of drug-likeness (QED) is 0.824. The molecule has 22 heavy (non-hydrogen) atoms. The number of amides is 2. The zero-order chi connectivity index (χ0) is 15.9. The molecule has 0 spiro atoms. The maximum Gasteiger partial charge on any atom is 0.222 e. The van der Waals surface area contributed by atoms with E-state index in [1.165, 1.54) is 18.3 Å². The van der Waals surface area contributed by atoms with Gasteiger partial charge in [0.2, 0.25) is 11.8 Å². The predicted octanol–water partition coefficient (Wildman–Crippen LogP) is 2.66. The Morgan fingerprint density at radius 3 is 2.68 bits per heavy atom. The van der Waals surface area contributed by atoms with E-state index in [2.05, 4.69) is 10.6 Å². The lowest BCUT2D eigenvalue weighted by Crippen LogP contribution is -2.37. The summed E-state index contributed by atoms with van der Waals surface area (Å²) in [6, 6.07) is 7.23. The average Bonchev–Trinajstić information content (AvgIpc) is 3.09. The molecule has 2 amide bonds. The fraction of sp³-hybridized carbons (Fsp3) is 0.375. The lowest BCUT2D eigenvalue weighted by atomic mass is 10.1. The van der Waals surface area contributed by atoms with E-state index in [0.29, 0.717) is 6.42 Å². The minimum absolute atomic E-state index is 0.0278. The largest absolute Gasteiger partial charge is 0.469 e. The Hall–Kier alpha value is -2.08. The molecule has 0 fully saturated rings. The highest BCUT2D eigenvalue weighted by molar-refractivity contribution is 7.10. The predicted molar refractivity (Wildman–Crippen MR) is 85.5 cm³/mol. The van der Waals surface area contributed by atoms with Crippen LogP contribution in [0, 0.1) is 0 Å². The summed E-state index contributed by atoms with van der Waals surface area (Å²) in [5.41, 5.74) is 0. The summed E-state index contributed by atoms with van der Waals surface area (Å²) < 4.78 is 5.27. The molecule has 2 rings (SSSR count). The smallest absolute Gasteiger partial charge is 0.222 e. The van der Waals surface area contributed by atoms with Crippen molar-refractivity contribution in [2.75, 3.05) is 0 Å².